The van der Waals surface area contributed by atoms with Crippen LogP contribution in [0.5, 0.6) is 11.5 Å². The standard InChI is InChI=1S/C19H22N2O2.ClH/c22-19(13-16-5-4-12-20-16)21-14-15-8-10-18(11-9-15)23-17-6-2-1-3-7-17;/h1-3,6-11,16,20H,4-5,12-14H2,(H,21,22);1H. The predicted octanol–water partition coefficient (Wildman–Crippen LogP) is 3.66. The van der Waals surface area contributed by atoms with Crippen LogP contribution in [0.2, 0.25) is 0 Å². The normalized spacial score (nSPS) is 16.2. The molecule has 0 bridgehead atoms. The van der Waals surface area contributed by atoms with E-state index >= 15 is 0 Å². The first kappa shape index (κ1) is 18.3. The molecule has 0 saturated carbocycles. The molecule has 0 aromatic heterocycles. The monoisotopic (exact) mass is 346 g/mol. The molecule has 1 aliphatic rings. The molecule has 1 fully saturated rings. The van der Waals surface area contributed by atoms with E-state index in [-0.39, 0.29) is 18.3 Å². The van der Waals surface area contributed by atoms with Gasteiger partial charge in [-0.15, -0.1) is 12.4 Å². The zero-order valence-electron chi connectivity index (χ0n) is 13.5. The molecular formula is C19H23ClN2O2. The van der Waals surface area contributed by atoms with Gasteiger partial charge in [0.25, 0.3) is 0 Å². The number of halogens is 1. The molecule has 128 valence electrons. The van der Waals surface area contributed by atoms with E-state index in [0.29, 0.717) is 19.0 Å². The van der Waals surface area contributed by atoms with E-state index in [1.54, 1.807) is 0 Å². The van der Waals surface area contributed by atoms with E-state index < -0.39 is 0 Å². The third-order valence-electron chi connectivity index (χ3n) is 3.99. The van der Waals surface area contributed by atoms with E-state index in [1.807, 2.05) is 54.6 Å². The zero-order valence-corrected chi connectivity index (χ0v) is 14.4. The summed E-state index contributed by atoms with van der Waals surface area (Å²) in [6.07, 6.45) is 2.83. The van der Waals surface area contributed by atoms with Gasteiger partial charge in [0.1, 0.15) is 11.5 Å². The minimum Gasteiger partial charge on any atom is -0.457 e. The van der Waals surface area contributed by atoms with E-state index in [2.05, 4.69) is 10.6 Å². The average Bonchev–Trinajstić information content (AvgIpc) is 3.08. The summed E-state index contributed by atoms with van der Waals surface area (Å²) in [5, 5.41) is 6.31. The van der Waals surface area contributed by atoms with Crippen LogP contribution in [-0.2, 0) is 11.3 Å². The molecule has 4 nitrogen and oxygen atoms in total. The summed E-state index contributed by atoms with van der Waals surface area (Å²) in [6, 6.07) is 17.8. The number of amides is 1. The molecule has 2 N–H and O–H groups in total. The minimum absolute atomic E-state index is 0. The number of carbonyl (C=O) groups excluding carboxylic acids is 1. The lowest BCUT2D eigenvalue weighted by molar-refractivity contribution is -0.121. The maximum Gasteiger partial charge on any atom is 0.221 e. The van der Waals surface area contributed by atoms with Crippen molar-refractivity contribution in [3.63, 3.8) is 0 Å². The highest BCUT2D eigenvalue weighted by Crippen LogP contribution is 2.21. The second-order valence-corrected chi connectivity index (χ2v) is 5.83. The molecule has 24 heavy (non-hydrogen) atoms. The first-order valence-electron chi connectivity index (χ1n) is 8.11. The number of rotatable bonds is 6. The molecule has 0 radical (unpaired) electrons. The summed E-state index contributed by atoms with van der Waals surface area (Å²) in [6.45, 7) is 1.58. The third kappa shape index (κ3) is 5.55. The molecule has 1 heterocycles. The second-order valence-electron chi connectivity index (χ2n) is 5.83. The largest absolute Gasteiger partial charge is 0.457 e. The Morgan fingerprint density at radius 2 is 1.79 bits per heavy atom. The van der Waals surface area contributed by atoms with Gasteiger partial charge in [-0.05, 0) is 49.2 Å². The minimum atomic E-state index is 0. The van der Waals surface area contributed by atoms with Gasteiger partial charge in [0.2, 0.25) is 5.91 Å². The van der Waals surface area contributed by atoms with Gasteiger partial charge in [-0.3, -0.25) is 4.79 Å². The number of hydrogen-bond acceptors (Lipinski definition) is 3. The molecule has 1 saturated heterocycles. The molecule has 2 aromatic rings. The van der Waals surface area contributed by atoms with Crippen LogP contribution in [0.1, 0.15) is 24.8 Å². The van der Waals surface area contributed by atoms with E-state index in [4.69, 9.17) is 4.74 Å². The maximum atomic E-state index is 11.9. The summed E-state index contributed by atoms with van der Waals surface area (Å²) < 4.78 is 5.75. The van der Waals surface area contributed by atoms with Crippen molar-refractivity contribution in [3.05, 3.63) is 60.2 Å². The van der Waals surface area contributed by atoms with Gasteiger partial charge in [0, 0.05) is 19.0 Å². The van der Waals surface area contributed by atoms with E-state index in [0.717, 1.165) is 30.0 Å². The summed E-state index contributed by atoms with van der Waals surface area (Å²) in [7, 11) is 0. The van der Waals surface area contributed by atoms with Crippen LogP contribution in [0.25, 0.3) is 0 Å². The fraction of sp³-hybridized carbons (Fsp3) is 0.316. The highest BCUT2D eigenvalue weighted by molar-refractivity contribution is 5.85. The Kier molecular flexibility index (Phi) is 7.09. The Labute approximate surface area is 149 Å². The van der Waals surface area contributed by atoms with Crippen molar-refractivity contribution in [2.45, 2.75) is 31.8 Å². The van der Waals surface area contributed by atoms with Crippen molar-refractivity contribution < 1.29 is 9.53 Å². The predicted molar refractivity (Wildman–Crippen MR) is 97.7 cm³/mol. The first-order valence-corrected chi connectivity index (χ1v) is 8.11. The van der Waals surface area contributed by atoms with Crippen molar-refractivity contribution in [2.75, 3.05) is 6.54 Å². The molecule has 0 aliphatic carbocycles. The Balaban J connectivity index is 0.00000208. The molecule has 2 aromatic carbocycles. The highest BCUT2D eigenvalue weighted by Gasteiger charge is 2.17. The zero-order chi connectivity index (χ0) is 15.9. The quantitative estimate of drug-likeness (QED) is 0.839. The Bertz CT molecular complexity index is 626. The topological polar surface area (TPSA) is 50.4 Å². The summed E-state index contributed by atoms with van der Waals surface area (Å²) >= 11 is 0. The van der Waals surface area contributed by atoms with Gasteiger partial charge >= 0.3 is 0 Å². The lowest BCUT2D eigenvalue weighted by Crippen LogP contribution is -2.31. The van der Waals surface area contributed by atoms with Crippen LogP contribution in [-0.4, -0.2) is 18.5 Å². The SMILES string of the molecule is Cl.O=C(CC1CCCN1)NCc1ccc(Oc2ccccc2)cc1. The average molecular weight is 347 g/mol. The molecule has 1 aliphatic heterocycles. The van der Waals surface area contributed by atoms with Crippen molar-refractivity contribution in [1.29, 1.82) is 0 Å². The Morgan fingerprint density at radius 3 is 2.46 bits per heavy atom. The van der Waals surface area contributed by atoms with E-state index in [1.165, 1.54) is 6.42 Å². The lowest BCUT2D eigenvalue weighted by Gasteiger charge is -2.11. The van der Waals surface area contributed by atoms with Crippen LogP contribution in [0.3, 0.4) is 0 Å². The number of ether oxygens (including phenoxy) is 1. The van der Waals surface area contributed by atoms with Gasteiger partial charge in [-0.25, -0.2) is 0 Å². The molecule has 1 amide bonds. The van der Waals surface area contributed by atoms with Crippen molar-refractivity contribution in [2.24, 2.45) is 0 Å². The number of carbonyl (C=O) groups is 1. The maximum absolute atomic E-state index is 11.9. The van der Waals surface area contributed by atoms with E-state index in [9.17, 15) is 4.79 Å². The second kappa shape index (κ2) is 9.30. The molecule has 5 heteroatoms. The number of nitrogens with one attached hydrogen (secondary N) is 2. The van der Waals surface area contributed by atoms with Gasteiger partial charge < -0.3 is 15.4 Å². The summed E-state index contributed by atoms with van der Waals surface area (Å²) in [5.41, 5.74) is 1.07. The van der Waals surface area contributed by atoms with Crippen LogP contribution in [0.4, 0.5) is 0 Å². The van der Waals surface area contributed by atoms with Crippen LogP contribution >= 0.6 is 12.4 Å². The van der Waals surface area contributed by atoms with Gasteiger partial charge in [0.05, 0.1) is 0 Å². The number of benzene rings is 2. The van der Waals surface area contributed by atoms with Crippen LogP contribution in [0.15, 0.2) is 54.6 Å². The molecule has 1 atom stereocenters. The first-order chi connectivity index (χ1) is 11.3. The Hall–Kier alpha value is -2.04. The molecular weight excluding hydrogens is 324 g/mol. The highest BCUT2D eigenvalue weighted by atomic mass is 35.5. The smallest absolute Gasteiger partial charge is 0.221 e. The van der Waals surface area contributed by atoms with Crippen molar-refractivity contribution in [1.82, 2.24) is 10.6 Å². The number of hydrogen-bond donors (Lipinski definition) is 2. The third-order valence-corrected chi connectivity index (χ3v) is 3.99. The fourth-order valence-electron chi connectivity index (χ4n) is 2.73. The molecule has 0 spiro atoms. The number of para-hydroxylation sites is 1. The van der Waals surface area contributed by atoms with Crippen molar-refractivity contribution >= 4 is 18.3 Å². The summed E-state index contributed by atoms with van der Waals surface area (Å²) in [5.74, 6) is 1.72. The summed E-state index contributed by atoms with van der Waals surface area (Å²) in [4.78, 5) is 11.9. The van der Waals surface area contributed by atoms with Gasteiger partial charge in [-0.1, -0.05) is 30.3 Å². The molecule has 3 rings (SSSR count). The molecule has 1 unspecified atom stereocenters. The lowest BCUT2D eigenvalue weighted by atomic mass is 10.1. The fourth-order valence-corrected chi connectivity index (χ4v) is 2.73. The van der Waals surface area contributed by atoms with Gasteiger partial charge in [0.15, 0.2) is 0 Å². The van der Waals surface area contributed by atoms with Crippen molar-refractivity contribution in [3.8, 4) is 11.5 Å². The Morgan fingerprint density at radius 1 is 1.08 bits per heavy atom. The van der Waals surface area contributed by atoms with Crippen LogP contribution < -0.4 is 15.4 Å². The van der Waals surface area contributed by atoms with Crippen LogP contribution in [0, 0.1) is 0 Å². The van der Waals surface area contributed by atoms with Gasteiger partial charge in [-0.2, -0.15) is 0 Å².